The van der Waals surface area contributed by atoms with Crippen molar-refractivity contribution >= 4 is 18.4 Å². The van der Waals surface area contributed by atoms with Gasteiger partial charge < -0.3 is 10.1 Å². The van der Waals surface area contributed by atoms with E-state index in [1.54, 1.807) is 6.21 Å². The normalized spacial score (nSPS) is 19.4. The van der Waals surface area contributed by atoms with Gasteiger partial charge in [-0.15, -0.1) is 0 Å². The lowest BCUT2D eigenvalue weighted by Gasteiger charge is -2.17. The number of amides is 2. The number of alkyl carbamates (subject to hydrolysis) is 1. The van der Waals surface area contributed by atoms with E-state index in [4.69, 9.17) is 0 Å². The molecule has 2 rings (SSSR count). The number of aliphatic imine (C=N–C) groups is 1. The van der Waals surface area contributed by atoms with Crippen LogP contribution in [0.5, 0.6) is 0 Å². The van der Waals surface area contributed by atoms with Crippen molar-refractivity contribution in [2.75, 3.05) is 6.54 Å². The van der Waals surface area contributed by atoms with Gasteiger partial charge in [-0.1, -0.05) is 12.8 Å². The van der Waals surface area contributed by atoms with Crippen molar-refractivity contribution in [1.82, 2.24) is 10.2 Å². The maximum Gasteiger partial charge on any atom is 0.423 e. The molecule has 92 valence electrons. The average molecular weight is 237 g/mol. The van der Waals surface area contributed by atoms with Crippen LogP contribution in [0.2, 0.25) is 0 Å². The molecule has 17 heavy (non-hydrogen) atoms. The van der Waals surface area contributed by atoms with E-state index >= 15 is 0 Å². The minimum atomic E-state index is -0.678. The fraction of sp³-hybridized carbons (Fsp3) is 0.545. The van der Waals surface area contributed by atoms with Gasteiger partial charge in [0, 0.05) is 24.7 Å². The Balaban J connectivity index is 1.75. The molecule has 0 atom stereocenters. The first-order valence-electron chi connectivity index (χ1n) is 5.73. The van der Waals surface area contributed by atoms with Crippen LogP contribution in [0.25, 0.3) is 0 Å². The van der Waals surface area contributed by atoms with Crippen LogP contribution >= 0.6 is 0 Å². The molecule has 2 aliphatic rings. The number of hydrogen-bond acceptors (Lipinski definition) is 4. The number of rotatable bonds is 1. The first kappa shape index (κ1) is 11.6. The Morgan fingerprint density at radius 3 is 2.76 bits per heavy atom. The van der Waals surface area contributed by atoms with Crippen LogP contribution in [0.4, 0.5) is 9.59 Å². The van der Waals surface area contributed by atoms with Crippen molar-refractivity contribution in [1.29, 1.82) is 0 Å². The number of hydrogen-bond donors (Lipinski definition) is 1. The van der Waals surface area contributed by atoms with E-state index in [1.807, 2.05) is 0 Å². The van der Waals surface area contributed by atoms with Crippen molar-refractivity contribution in [3.05, 3.63) is 12.4 Å². The molecular weight excluding hydrogens is 222 g/mol. The summed E-state index contributed by atoms with van der Waals surface area (Å²) in [6.07, 6.45) is 7.31. The van der Waals surface area contributed by atoms with Crippen LogP contribution in [0, 0.1) is 0 Å². The zero-order chi connectivity index (χ0) is 12.1. The standard InChI is InChI=1S/C11H15N3O3/c15-10(13-9-3-1-2-4-9)17-11(16)14-7-5-12-6-8-14/h5-7,9H,1-4,8H2,(H,13,15). The molecule has 1 saturated carbocycles. The van der Waals surface area contributed by atoms with Crippen LogP contribution in [0.15, 0.2) is 17.4 Å². The van der Waals surface area contributed by atoms with Crippen molar-refractivity contribution in [3.63, 3.8) is 0 Å². The molecule has 0 aromatic rings. The molecule has 0 radical (unpaired) electrons. The lowest BCUT2D eigenvalue weighted by molar-refractivity contribution is 0.130. The van der Waals surface area contributed by atoms with Crippen molar-refractivity contribution < 1.29 is 14.3 Å². The first-order valence-corrected chi connectivity index (χ1v) is 5.73. The Morgan fingerprint density at radius 1 is 1.35 bits per heavy atom. The van der Waals surface area contributed by atoms with Crippen LogP contribution < -0.4 is 5.32 Å². The third-order valence-corrected chi connectivity index (χ3v) is 2.81. The van der Waals surface area contributed by atoms with E-state index in [0.717, 1.165) is 25.7 Å². The Bertz CT molecular complexity index is 359. The molecule has 0 saturated heterocycles. The molecule has 0 bridgehead atoms. The van der Waals surface area contributed by atoms with E-state index in [2.05, 4.69) is 15.0 Å². The quantitative estimate of drug-likeness (QED) is 0.704. The Labute approximate surface area is 99.3 Å². The monoisotopic (exact) mass is 237 g/mol. The number of nitrogens with one attached hydrogen (secondary N) is 1. The van der Waals surface area contributed by atoms with Gasteiger partial charge in [-0.3, -0.25) is 9.89 Å². The predicted molar refractivity (Wildman–Crippen MR) is 61.6 cm³/mol. The number of carbonyl (C=O) groups excluding carboxylic acids is 2. The zero-order valence-electron chi connectivity index (χ0n) is 9.46. The molecule has 6 heteroatoms. The van der Waals surface area contributed by atoms with Gasteiger partial charge in [0.15, 0.2) is 0 Å². The Hall–Kier alpha value is -1.85. The van der Waals surface area contributed by atoms with E-state index in [-0.39, 0.29) is 6.04 Å². The number of nitrogens with zero attached hydrogens (tertiary/aromatic N) is 2. The zero-order valence-corrected chi connectivity index (χ0v) is 9.46. The van der Waals surface area contributed by atoms with Crippen molar-refractivity contribution in [2.24, 2.45) is 4.99 Å². The summed E-state index contributed by atoms with van der Waals surface area (Å²) in [5.41, 5.74) is 0. The van der Waals surface area contributed by atoms with Crippen LogP contribution in [0.1, 0.15) is 25.7 Å². The summed E-state index contributed by atoms with van der Waals surface area (Å²) in [5, 5.41) is 2.68. The topological polar surface area (TPSA) is 71.0 Å². The highest BCUT2D eigenvalue weighted by Gasteiger charge is 2.21. The Kier molecular flexibility index (Phi) is 3.74. The number of ether oxygens (including phenoxy) is 1. The molecule has 0 aromatic heterocycles. The largest absolute Gasteiger partial charge is 0.423 e. The van der Waals surface area contributed by atoms with Gasteiger partial charge in [0.05, 0.1) is 6.54 Å². The summed E-state index contributed by atoms with van der Waals surface area (Å²) in [4.78, 5) is 28.0. The lowest BCUT2D eigenvalue weighted by Crippen LogP contribution is -2.38. The molecular formula is C11H15N3O3. The summed E-state index contributed by atoms with van der Waals surface area (Å²) in [7, 11) is 0. The van der Waals surface area contributed by atoms with E-state index in [9.17, 15) is 9.59 Å². The minimum absolute atomic E-state index is 0.147. The van der Waals surface area contributed by atoms with Gasteiger partial charge in [-0.05, 0) is 12.8 Å². The second-order valence-corrected chi connectivity index (χ2v) is 4.06. The smallest absolute Gasteiger partial charge is 0.359 e. The highest BCUT2D eigenvalue weighted by atomic mass is 16.6. The SMILES string of the molecule is O=C(NC1CCCC1)OC(=O)N1C=CN=CC1. The summed E-state index contributed by atoms with van der Waals surface area (Å²) >= 11 is 0. The summed E-state index contributed by atoms with van der Waals surface area (Å²) in [5.74, 6) is 0. The lowest BCUT2D eigenvalue weighted by atomic mass is 10.3. The van der Waals surface area contributed by atoms with Gasteiger partial charge in [0.1, 0.15) is 0 Å². The van der Waals surface area contributed by atoms with Gasteiger partial charge in [-0.25, -0.2) is 9.59 Å². The van der Waals surface area contributed by atoms with Gasteiger partial charge in [0.25, 0.3) is 0 Å². The molecule has 1 heterocycles. The average Bonchev–Trinajstić information content (AvgIpc) is 2.82. The second-order valence-electron chi connectivity index (χ2n) is 4.06. The van der Waals surface area contributed by atoms with Gasteiger partial charge in [0.2, 0.25) is 0 Å². The predicted octanol–water partition coefficient (Wildman–Crippen LogP) is 1.63. The van der Waals surface area contributed by atoms with Crippen LogP contribution in [-0.4, -0.2) is 35.9 Å². The third-order valence-electron chi connectivity index (χ3n) is 2.81. The highest BCUT2D eigenvalue weighted by molar-refractivity contribution is 5.85. The molecule has 1 aliphatic heterocycles. The molecule has 1 aliphatic carbocycles. The van der Waals surface area contributed by atoms with E-state index in [0.29, 0.717) is 6.54 Å². The molecule has 1 N–H and O–H groups in total. The van der Waals surface area contributed by atoms with Crippen molar-refractivity contribution in [2.45, 2.75) is 31.7 Å². The molecule has 1 fully saturated rings. The van der Waals surface area contributed by atoms with E-state index in [1.165, 1.54) is 17.3 Å². The first-order chi connectivity index (χ1) is 8.25. The maximum absolute atomic E-state index is 11.5. The van der Waals surface area contributed by atoms with Crippen molar-refractivity contribution in [3.8, 4) is 0 Å². The fourth-order valence-corrected chi connectivity index (χ4v) is 1.92. The number of carbonyl (C=O) groups is 2. The fourth-order valence-electron chi connectivity index (χ4n) is 1.92. The molecule has 0 unspecified atom stereocenters. The summed E-state index contributed by atoms with van der Waals surface area (Å²) in [6.45, 7) is 0.325. The maximum atomic E-state index is 11.5. The summed E-state index contributed by atoms with van der Waals surface area (Å²) in [6, 6.07) is 0.147. The Morgan fingerprint density at radius 2 is 2.12 bits per heavy atom. The second kappa shape index (κ2) is 5.47. The third kappa shape index (κ3) is 3.30. The van der Waals surface area contributed by atoms with E-state index < -0.39 is 12.2 Å². The van der Waals surface area contributed by atoms with Crippen LogP contribution in [-0.2, 0) is 4.74 Å². The molecule has 0 aromatic carbocycles. The summed E-state index contributed by atoms with van der Waals surface area (Å²) < 4.78 is 4.68. The highest BCUT2D eigenvalue weighted by Crippen LogP contribution is 2.17. The molecule has 2 amide bonds. The van der Waals surface area contributed by atoms with Crippen LogP contribution in [0.3, 0.4) is 0 Å². The van der Waals surface area contributed by atoms with Gasteiger partial charge in [-0.2, -0.15) is 0 Å². The minimum Gasteiger partial charge on any atom is -0.359 e. The molecule has 6 nitrogen and oxygen atoms in total. The van der Waals surface area contributed by atoms with Gasteiger partial charge >= 0.3 is 12.2 Å². The molecule has 0 spiro atoms.